The fourth-order valence-corrected chi connectivity index (χ4v) is 6.57. The van der Waals surface area contributed by atoms with Crippen LogP contribution in [0.3, 0.4) is 0 Å². The Morgan fingerprint density at radius 1 is 1.14 bits per heavy atom. The molecule has 0 aromatic heterocycles. The van der Waals surface area contributed by atoms with Crippen LogP contribution in [0.15, 0.2) is 53.4 Å². The molecule has 44 heavy (non-hydrogen) atoms. The maximum atomic E-state index is 13.7. The highest BCUT2D eigenvalue weighted by Crippen LogP contribution is 2.35. The van der Waals surface area contributed by atoms with Crippen molar-refractivity contribution >= 4 is 21.7 Å². The van der Waals surface area contributed by atoms with Gasteiger partial charge in [-0.2, -0.15) is 0 Å². The number of sulfone groups is 1. The summed E-state index contributed by atoms with van der Waals surface area (Å²) in [6.45, 7) is 4.03. The van der Waals surface area contributed by atoms with Crippen LogP contribution in [0.4, 0.5) is 0 Å². The van der Waals surface area contributed by atoms with Crippen LogP contribution in [0.25, 0.3) is 0 Å². The summed E-state index contributed by atoms with van der Waals surface area (Å²) in [5.41, 5.74) is 3.43. The number of hydrogen-bond acceptors (Lipinski definition) is 10. The Kier molecular flexibility index (Phi) is 13.4. The third-order valence-corrected chi connectivity index (χ3v) is 9.26. The number of ether oxygens (including phenoxy) is 3. The molecule has 0 aliphatic carbocycles. The average molecular weight is 631 g/mol. The van der Waals surface area contributed by atoms with Crippen LogP contribution >= 0.6 is 0 Å². The van der Waals surface area contributed by atoms with Crippen molar-refractivity contribution in [3.63, 3.8) is 0 Å². The Hall–Kier alpha value is -3.67. The number of benzene rings is 2. The van der Waals surface area contributed by atoms with Gasteiger partial charge in [-0.05, 0) is 30.0 Å². The fraction of sp³-hybridized carbons (Fsp3) is 0.484. The van der Waals surface area contributed by atoms with Gasteiger partial charge in [-0.1, -0.05) is 44.2 Å². The number of amides is 2. The van der Waals surface area contributed by atoms with Crippen LogP contribution in [0, 0.1) is 18.3 Å². The van der Waals surface area contributed by atoms with Crippen LogP contribution in [0.1, 0.15) is 32.3 Å². The first-order chi connectivity index (χ1) is 21.1. The van der Waals surface area contributed by atoms with Gasteiger partial charge in [0.15, 0.2) is 21.3 Å². The predicted octanol–water partition coefficient (Wildman–Crippen LogP) is 1.24. The molecule has 2 unspecified atom stereocenters. The molecule has 1 aliphatic heterocycles. The van der Waals surface area contributed by atoms with E-state index in [0.717, 1.165) is 10.6 Å². The standard InChI is InChI=1S/C31H42N4O8S/c1-5-6-12-30(38)35(34-29(37)20-32-15-16-41-4)25(17-23-10-8-7-9-11-23)26(36)19-33-31(22(2)3)44(39,40)24-13-14-27-28(18-24)43-21-42-27/h1,7-11,13-14,18,22,25-26,31-33,36H,6,12,15-17,19-21H2,2-4H3,(H,34,37)/t25?,26-,31?/m1/s1. The highest BCUT2D eigenvalue weighted by molar-refractivity contribution is 7.92. The molecule has 1 aliphatic rings. The van der Waals surface area contributed by atoms with Crippen molar-refractivity contribution in [3.8, 4) is 23.8 Å². The van der Waals surface area contributed by atoms with Crippen molar-refractivity contribution < 1.29 is 37.3 Å². The number of nitrogens with zero attached hydrogens (tertiary/aromatic N) is 1. The molecular formula is C31H42N4O8S. The highest BCUT2D eigenvalue weighted by Gasteiger charge is 2.35. The number of carbonyl (C=O) groups excluding carboxylic acids is 2. The lowest BCUT2D eigenvalue weighted by Crippen LogP contribution is -2.60. The summed E-state index contributed by atoms with van der Waals surface area (Å²) in [6, 6.07) is 12.6. The molecule has 3 rings (SSSR count). The summed E-state index contributed by atoms with van der Waals surface area (Å²) in [4.78, 5) is 26.3. The maximum Gasteiger partial charge on any atom is 0.252 e. The second-order valence-electron chi connectivity index (χ2n) is 10.6. The van der Waals surface area contributed by atoms with Crippen LogP contribution in [0.2, 0.25) is 0 Å². The van der Waals surface area contributed by atoms with Crippen LogP contribution in [-0.4, -0.2) is 88.0 Å². The minimum atomic E-state index is -3.93. The summed E-state index contributed by atoms with van der Waals surface area (Å²) in [5.74, 6) is 1.85. The van der Waals surface area contributed by atoms with Crippen LogP contribution in [-0.2, 0) is 30.6 Å². The SMILES string of the molecule is C#CCCC(=O)N(NC(=O)CNCCOC)C(Cc1ccccc1)[C@H](O)CNC(C(C)C)S(=O)(=O)c1ccc2c(c1)OCO2. The first-order valence-corrected chi connectivity index (χ1v) is 16.0. The van der Waals surface area contributed by atoms with Crippen molar-refractivity contribution in [3.05, 3.63) is 54.1 Å². The van der Waals surface area contributed by atoms with E-state index in [1.165, 1.54) is 12.1 Å². The van der Waals surface area contributed by atoms with Gasteiger partial charge in [-0.3, -0.25) is 20.3 Å². The second kappa shape index (κ2) is 17.0. The van der Waals surface area contributed by atoms with Crippen LogP contribution < -0.4 is 25.5 Å². The Bertz CT molecular complexity index is 1380. The number of fused-ring (bicyclic) bond motifs is 1. The molecule has 12 nitrogen and oxygen atoms in total. The molecule has 2 amide bonds. The van der Waals surface area contributed by atoms with E-state index in [2.05, 4.69) is 22.0 Å². The van der Waals surface area contributed by atoms with Gasteiger partial charge in [0.05, 0.1) is 30.2 Å². The topological polar surface area (TPSA) is 156 Å². The Balaban J connectivity index is 1.86. The molecule has 240 valence electrons. The number of aliphatic hydroxyl groups excluding tert-OH is 1. The fourth-order valence-electron chi connectivity index (χ4n) is 4.71. The van der Waals surface area contributed by atoms with E-state index in [1.54, 1.807) is 27.0 Å². The number of methoxy groups -OCH3 is 1. The van der Waals surface area contributed by atoms with Crippen molar-refractivity contribution in [2.24, 2.45) is 5.92 Å². The zero-order chi connectivity index (χ0) is 32.1. The largest absolute Gasteiger partial charge is 0.454 e. The van der Waals surface area contributed by atoms with Crippen molar-refractivity contribution in [1.29, 1.82) is 0 Å². The van der Waals surface area contributed by atoms with Crippen molar-refractivity contribution in [2.75, 3.05) is 40.1 Å². The van der Waals surface area contributed by atoms with E-state index in [9.17, 15) is 23.1 Å². The number of terminal acetylenes is 1. The number of rotatable bonds is 17. The molecule has 0 spiro atoms. The third kappa shape index (κ3) is 9.67. The molecule has 0 radical (unpaired) electrons. The average Bonchev–Trinajstić information content (AvgIpc) is 3.48. The van der Waals surface area contributed by atoms with E-state index in [0.29, 0.717) is 24.7 Å². The van der Waals surface area contributed by atoms with Gasteiger partial charge in [-0.25, -0.2) is 13.4 Å². The highest BCUT2D eigenvalue weighted by atomic mass is 32.2. The Labute approximate surface area is 259 Å². The zero-order valence-corrected chi connectivity index (χ0v) is 26.1. The molecular weight excluding hydrogens is 588 g/mol. The lowest BCUT2D eigenvalue weighted by molar-refractivity contribution is -0.147. The number of aliphatic hydroxyl groups is 1. The first kappa shape index (κ1) is 34.8. The summed E-state index contributed by atoms with van der Waals surface area (Å²) < 4.78 is 43.1. The summed E-state index contributed by atoms with van der Waals surface area (Å²) in [7, 11) is -2.39. The quantitative estimate of drug-likeness (QED) is 0.114. The predicted molar refractivity (Wildman–Crippen MR) is 164 cm³/mol. The Morgan fingerprint density at radius 3 is 2.55 bits per heavy atom. The minimum absolute atomic E-state index is 0.00993. The number of carbonyl (C=O) groups is 2. The van der Waals surface area contributed by atoms with E-state index in [4.69, 9.17) is 20.6 Å². The summed E-state index contributed by atoms with van der Waals surface area (Å²) in [5, 5.41) is 17.5. The van der Waals surface area contributed by atoms with E-state index in [-0.39, 0.29) is 44.0 Å². The van der Waals surface area contributed by atoms with Gasteiger partial charge in [0.25, 0.3) is 5.91 Å². The molecule has 0 fully saturated rings. The maximum absolute atomic E-state index is 13.7. The van der Waals surface area contributed by atoms with Crippen molar-refractivity contribution in [1.82, 2.24) is 21.1 Å². The normalized spacial score (nSPS) is 14.5. The molecule has 13 heteroatoms. The van der Waals surface area contributed by atoms with E-state index < -0.39 is 45.1 Å². The molecule has 0 saturated carbocycles. The smallest absolute Gasteiger partial charge is 0.252 e. The van der Waals surface area contributed by atoms with E-state index in [1.807, 2.05) is 30.3 Å². The third-order valence-electron chi connectivity index (χ3n) is 6.97. The van der Waals surface area contributed by atoms with Gasteiger partial charge in [0.2, 0.25) is 12.7 Å². The Morgan fingerprint density at radius 2 is 1.86 bits per heavy atom. The van der Waals surface area contributed by atoms with Gasteiger partial charge in [0.1, 0.15) is 5.37 Å². The van der Waals surface area contributed by atoms with Gasteiger partial charge in [-0.15, -0.1) is 12.3 Å². The number of nitrogens with one attached hydrogen (secondary N) is 3. The van der Waals surface area contributed by atoms with Gasteiger partial charge >= 0.3 is 0 Å². The van der Waals surface area contributed by atoms with Gasteiger partial charge < -0.3 is 24.6 Å². The summed E-state index contributed by atoms with van der Waals surface area (Å²) >= 11 is 0. The molecule has 2 aromatic rings. The lowest BCUT2D eigenvalue weighted by Gasteiger charge is -2.36. The molecule has 1 heterocycles. The lowest BCUT2D eigenvalue weighted by atomic mass is 9.99. The molecule has 0 saturated heterocycles. The molecule has 2 aromatic carbocycles. The molecule has 0 bridgehead atoms. The number of hydrazine groups is 1. The molecule has 3 atom stereocenters. The number of hydrogen-bond donors (Lipinski definition) is 4. The molecule has 4 N–H and O–H groups in total. The zero-order valence-electron chi connectivity index (χ0n) is 25.3. The van der Waals surface area contributed by atoms with Crippen molar-refractivity contribution in [2.45, 2.75) is 55.5 Å². The first-order valence-electron chi connectivity index (χ1n) is 14.4. The monoisotopic (exact) mass is 630 g/mol. The van der Waals surface area contributed by atoms with E-state index >= 15 is 0 Å². The minimum Gasteiger partial charge on any atom is -0.454 e. The second-order valence-corrected chi connectivity index (χ2v) is 12.7. The van der Waals surface area contributed by atoms with Gasteiger partial charge in [0, 0.05) is 39.1 Å². The summed E-state index contributed by atoms with van der Waals surface area (Å²) in [6.07, 6.45) is 4.35. The van der Waals surface area contributed by atoms with Crippen LogP contribution in [0.5, 0.6) is 11.5 Å².